The lowest BCUT2D eigenvalue weighted by Crippen LogP contribution is -2.21. The fourth-order valence-corrected chi connectivity index (χ4v) is 3.49. The topological polar surface area (TPSA) is 154 Å². The second-order valence-electron chi connectivity index (χ2n) is 7.69. The predicted molar refractivity (Wildman–Crippen MR) is 132 cm³/mol. The van der Waals surface area contributed by atoms with Gasteiger partial charge in [-0.3, -0.25) is 9.48 Å². The number of methoxy groups -OCH3 is 2. The number of hydrogen-bond donors (Lipinski definition) is 3. The molecule has 186 valence electrons. The number of nitrogens with zero attached hydrogens (tertiary/aromatic N) is 7. The van der Waals surface area contributed by atoms with Crippen LogP contribution in [0.4, 0.5) is 23.0 Å². The molecule has 4 aromatic rings. The summed E-state index contributed by atoms with van der Waals surface area (Å²) in [5, 5.41) is 21.6. The molecule has 3 N–H and O–H groups in total. The smallest absolute Gasteiger partial charge is 0.273 e. The number of rotatable bonds is 9. The summed E-state index contributed by atoms with van der Waals surface area (Å²) in [6, 6.07) is 8.94. The van der Waals surface area contributed by atoms with Crippen LogP contribution in [0, 0.1) is 6.92 Å². The Labute approximate surface area is 207 Å². The third kappa shape index (κ3) is 5.36. The third-order valence-electron chi connectivity index (χ3n) is 5.00. The third-order valence-corrected chi connectivity index (χ3v) is 5.00. The summed E-state index contributed by atoms with van der Waals surface area (Å²) in [6.45, 7) is 2.13. The number of amides is 1. The number of aromatic nitrogens is 7. The lowest BCUT2D eigenvalue weighted by molar-refractivity contribution is 0.0958. The first-order valence-electron chi connectivity index (χ1n) is 10.9. The van der Waals surface area contributed by atoms with Crippen LogP contribution >= 0.6 is 0 Å². The van der Waals surface area contributed by atoms with Crippen molar-refractivity contribution >= 4 is 28.9 Å². The number of aryl methyl sites for hydroxylation is 2. The molecule has 0 aliphatic carbocycles. The van der Waals surface area contributed by atoms with E-state index in [0.717, 1.165) is 5.69 Å². The highest BCUT2D eigenvalue weighted by Gasteiger charge is 2.19. The number of carbonyl (C=O) groups is 1. The highest BCUT2D eigenvalue weighted by Crippen LogP contribution is 2.37. The van der Waals surface area contributed by atoms with Crippen molar-refractivity contribution in [2.45, 2.75) is 13.5 Å². The van der Waals surface area contributed by atoms with Gasteiger partial charge in [0.15, 0.2) is 28.9 Å². The van der Waals surface area contributed by atoms with Crippen molar-refractivity contribution in [3.05, 3.63) is 53.9 Å². The van der Waals surface area contributed by atoms with Gasteiger partial charge in [-0.05, 0) is 19.1 Å². The first kappa shape index (κ1) is 24.5. The molecule has 0 radical (unpaired) electrons. The minimum atomic E-state index is -0.404. The molecule has 0 bridgehead atoms. The Balaban J connectivity index is 1.72. The minimum absolute atomic E-state index is 0.102. The normalized spacial score (nSPS) is 10.7. The number of nitrogens with one attached hydrogen (secondary N) is 3. The molecule has 4 rings (SSSR count). The number of ether oxygens (including phenoxy) is 2. The highest BCUT2D eigenvalue weighted by atomic mass is 16.5. The maximum Gasteiger partial charge on any atom is 0.273 e. The molecule has 1 amide bonds. The SMILES string of the molecule is CNC(=O)c1nnc(Nc2cc(C)nc(COC)n2)cc1Nc1cccc(-c2ncn(C)n2)c1OC. The Bertz CT molecular complexity index is 1390. The summed E-state index contributed by atoms with van der Waals surface area (Å²) in [4.78, 5) is 25.6. The first-order chi connectivity index (χ1) is 17.4. The van der Waals surface area contributed by atoms with E-state index in [1.807, 2.05) is 25.1 Å². The van der Waals surface area contributed by atoms with Crippen molar-refractivity contribution in [3.8, 4) is 17.1 Å². The molecule has 13 nitrogen and oxygen atoms in total. The molecule has 0 spiro atoms. The highest BCUT2D eigenvalue weighted by molar-refractivity contribution is 5.99. The van der Waals surface area contributed by atoms with Crippen molar-refractivity contribution in [1.82, 2.24) is 40.2 Å². The predicted octanol–water partition coefficient (Wildman–Crippen LogP) is 2.37. The van der Waals surface area contributed by atoms with Crippen LogP contribution in [0.3, 0.4) is 0 Å². The van der Waals surface area contributed by atoms with E-state index in [0.29, 0.717) is 46.0 Å². The van der Waals surface area contributed by atoms with Crippen LogP contribution in [0.25, 0.3) is 11.4 Å². The molecule has 1 aromatic carbocycles. The van der Waals surface area contributed by atoms with E-state index in [2.05, 4.69) is 46.2 Å². The van der Waals surface area contributed by atoms with Gasteiger partial charge < -0.3 is 25.4 Å². The van der Waals surface area contributed by atoms with Crippen LogP contribution in [0.5, 0.6) is 5.75 Å². The van der Waals surface area contributed by atoms with Gasteiger partial charge in [-0.15, -0.1) is 10.2 Å². The maximum absolute atomic E-state index is 12.5. The molecule has 0 fully saturated rings. The molecule has 13 heteroatoms. The van der Waals surface area contributed by atoms with Crippen molar-refractivity contribution < 1.29 is 14.3 Å². The van der Waals surface area contributed by atoms with E-state index < -0.39 is 5.91 Å². The van der Waals surface area contributed by atoms with Crippen LogP contribution in [0.1, 0.15) is 22.0 Å². The number of hydrogen-bond acceptors (Lipinski definition) is 11. The summed E-state index contributed by atoms with van der Waals surface area (Å²) in [5.41, 5.74) is 2.54. The van der Waals surface area contributed by atoms with Crippen LogP contribution in [-0.2, 0) is 18.4 Å². The summed E-state index contributed by atoms with van der Waals surface area (Å²) < 4.78 is 12.4. The van der Waals surface area contributed by atoms with Gasteiger partial charge in [-0.25, -0.2) is 15.0 Å². The van der Waals surface area contributed by atoms with Crippen LogP contribution < -0.4 is 20.7 Å². The van der Waals surface area contributed by atoms with E-state index >= 15 is 0 Å². The first-order valence-corrected chi connectivity index (χ1v) is 10.9. The van der Waals surface area contributed by atoms with Gasteiger partial charge in [0.05, 0.1) is 24.0 Å². The minimum Gasteiger partial charge on any atom is -0.494 e. The zero-order chi connectivity index (χ0) is 25.7. The van der Waals surface area contributed by atoms with Gasteiger partial charge >= 0.3 is 0 Å². The number of anilines is 4. The molecule has 0 unspecified atom stereocenters. The number of carbonyl (C=O) groups excluding carboxylic acids is 1. The molecule has 0 saturated heterocycles. The molecule has 3 aromatic heterocycles. The number of para-hydroxylation sites is 1. The fourth-order valence-electron chi connectivity index (χ4n) is 3.49. The van der Waals surface area contributed by atoms with Gasteiger partial charge in [-0.1, -0.05) is 6.07 Å². The molecule has 0 saturated carbocycles. The Morgan fingerprint density at radius 2 is 1.89 bits per heavy atom. The second kappa shape index (κ2) is 10.7. The molecule has 0 atom stereocenters. The summed E-state index contributed by atoms with van der Waals surface area (Å²) in [5.74, 6) is 2.02. The zero-order valence-electron chi connectivity index (χ0n) is 20.5. The molecule has 0 aliphatic heterocycles. The van der Waals surface area contributed by atoms with Gasteiger partial charge in [-0.2, -0.15) is 5.10 Å². The standard InChI is InChI=1S/C23H26N10O3/c1-13-9-17(29-19(26-13)11-35-4)28-18-10-16(20(31-30-18)23(34)24-2)27-15-8-6-7-14(21(15)36-5)22-25-12-33(3)32-22/h6-10,12H,11H2,1-5H3,(H,24,34)(H2,26,27,28,29,30). The Kier molecular flexibility index (Phi) is 7.30. The maximum atomic E-state index is 12.5. The largest absolute Gasteiger partial charge is 0.494 e. The van der Waals surface area contributed by atoms with Crippen molar-refractivity contribution in [3.63, 3.8) is 0 Å². The van der Waals surface area contributed by atoms with E-state index in [-0.39, 0.29) is 12.3 Å². The van der Waals surface area contributed by atoms with Crippen molar-refractivity contribution in [2.24, 2.45) is 7.05 Å². The number of benzene rings is 1. The molecular formula is C23H26N10O3. The Morgan fingerprint density at radius 1 is 1.06 bits per heavy atom. The van der Waals surface area contributed by atoms with E-state index in [1.54, 1.807) is 44.4 Å². The summed E-state index contributed by atoms with van der Waals surface area (Å²) in [7, 11) is 6.44. The van der Waals surface area contributed by atoms with Crippen LogP contribution in [0.15, 0.2) is 36.7 Å². The van der Waals surface area contributed by atoms with Crippen LogP contribution in [-0.4, -0.2) is 62.1 Å². The second-order valence-corrected chi connectivity index (χ2v) is 7.69. The average molecular weight is 491 g/mol. The Morgan fingerprint density at radius 3 is 2.58 bits per heavy atom. The summed E-state index contributed by atoms with van der Waals surface area (Å²) >= 11 is 0. The average Bonchev–Trinajstić information content (AvgIpc) is 3.29. The van der Waals surface area contributed by atoms with E-state index in [1.165, 1.54) is 7.05 Å². The van der Waals surface area contributed by atoms with E-state index in [4.69, 9.17) is 9.47 Å². The molecule has 0 aliphatic rings. The summed E-state index contributed by atoms with van der Waals surface area (Å²) in [6.07, 6.45) is 1.61. The molecular weight excluding hydrogens is 464 g/mol. The van der Waals surface area contributed by atoms with Gasteiger partial charge in [0, 0.05) is 39.0 Å². The molecule has 36 heavy (non-hydrogen) atoms. The van der Waals surface area contributed by atoms with Gasteiger partial charge in [0.25, 0.3) is 5.91 Å². The zero-order valence-corrected chi connectivity index (χ0v) is 20.5. The monoisotopic (exact) mass is 490 g/mol. The quantitative estimate of drug-likeness (QED) is 0.317. The van der Waals surface area contributed by atoms with Crippen molar-refractivity contribution in [2.75, 3.05) is 31.9 Å². The van der Waals surface area contributed by atoms with Crippen molar-refractivity contribution in [1.29, 1.82) is 0 Å². The van der Waals surface area contributed by atoms with Crippen LogP contribution in [0.2, 0.25) is 0 Å². The lowest BCUT2D eigenvalue weighted by atomic mass is 10.1. The van der Waals surface area contributed by atoms with E-state index in [9.17, 15) is 4.79 Å². The van der Waals surface area contributed by atoms with Gasteiger partial charge in [0.1, 0.15) is 18.8 Å². The van der Waals surface area contributed by atoms with Gasteiger partial charge in [0.2, 0.25) is 0 Å². The Hall–Kier alpha value is -4.65. The fraction of sp³-hybridized carbons (Fsp3) is 0.261. The molecule has 3 heterocycles. The lowest BCUT2D eigenvalue weighted by Gasteiger charge is -2.16.